The van der Waals surface area contributed by atoms with Gasteiger partial charge < -0.3 is 10.1 Å². The van der Waals surface area contributed by atoms with E-state index in [1.807, 2.05) is 18.2 Å². The number of nitrogens with zero attached hydrogens (tertiary/aromatic N) is 1. The van der Waals surface area contributed by atoms with Crippen LogP contribution in [0.3, 0.4) is 0 Å². The third-order valence-electron chi connectivity index (χ3n) is 4.87. The second kappa shape index (κ2) is 10.4. The molecule has 1 N–H and O–H groups in total. The Morgan fingerprint density at radius 2 is 1.38 bits per heavy atom. The molecule has 4 rings (SSSR count). The maximum Gasteiger partial charge on any atom is 0.264 e. The lowest BCUT2D eigenvalue weighted by atomic mass is 10.2. The van der Waals surface area contributed by atoms with E-state index >= 15 is 0 Å². The lowest BCUT2D eigenvalue weighted by Gasteiger charge is -2.25. The molecular formula is C26H21ClN2O4S. The molecular weight excluding hydrogens is 472 g/mol. The molecule has 4 aromatic carbocycles. The molecule has 0 fully saturated rings. The van der Waals surface area contributed by atoms with E-state index in [9.17, 15) is 13.2 Å². The number of hydrogen-bond donors (Lipinski definition) is 1. The Bertz CT molecular complexity index is 1380. The largest absolute Gasteiger partial charge is 0.455 e. The van der Waals surface area contributed by atoms with Crippen LogP contribution in [0, 0.1) is 0 Å². The van der Waals surface area contributed by atoms with Crippen LogP contribution in [-0.4, -0.2) is 20.9 Å². The molecule has 0 aliphatic heterocycles. The van der Waals surface area contributed by atoms with E-state index in [2.05, 4.69) is 5.32 Å². The Morgan fingerprint density at radius 3 is 2.09 bits per heavy atom. The van der Waals surface area contributed by atoms with Crippen LogP contribution >= 0.6 is 11.6 Å². The number of amides is 1. The number of sulfonamides is 1. The molecule has 0 saturated heterocycles. The van der Waals surface area contributed by atoms with Gasteiger partial charge in [0.2, 0.25) is 5.91 Å². The predicted molar refractivity (Wildman–Crippen MR) is 134 cm³/mol. The molecule has 0 aliphatic rings. The van der Waals surface area contributed by atoms with Crippen LogP contribution in [0.1, 0.15) is 0 Å². The average molecular weight is 493 g/mol. The number of halogens is 1. The fraction of sp³-hybridized carbons (Fsp3) is 0.0385. The van der Waals surface area contributed by atoms with E-state index in [-0.39, 0.29) is 15.6 Å². The number of nitrogens with one attached hydrogen (secondary N) is 1. The van der Waals surface area contributed by atoms with E-state index in [1.54, 1.807) is 78.9 Å². The van der Waals surface area contributed by atoms with Gasteiger partial charge in [0.05, 0.1) is 21.3 Å². The average Bonchev–Trinajstić information content (AvgIpc) is 2.85. The standard InChI is InChI=1S/C26H21ClN2O4S/c27-22-15-7-9-17-24(22)29(34(31,32)21-13-5-2-6-14-21)19-26(30)28-23-16-8-10-18-25(23)33-20-11-3-1-4-12-20/h1-18H,19H2,(H,28,30). The number of benzene rings is 4. The van der Waals surface area contributed by atoms with Crippen molar-refractivity contribution in [2.45, 2.75) is 4.90 Å². The van der Waals surface area contributed by atoms with Gasteiger partial charge in [-0.1, -0.05) is 72.3 Å². The van der Waals surface area contributed by atoms with Gasteiger partial charge in [-0.3, -0.25) is 9.10 Å². The maximum absolute atomic E-state index is 13.4. The highest BCUT2D eigenvalue weighted by atomic mass is 35.5. The van der Waals surface area contributed by atoms with Gasteiger partial charge in [0.25, 0.3) is 10.0 Å². The number of carbonyl (C=O) groups excluding carboxylic acids is 1. The van der Waals surface area contributed by atoms with Crippen LogP contribution < -0.4 is 14.4 Å². The number of rotatable bonds is 8. The molecule has 4 aromatic rings. The minimum Gasteiger partial charge on any atom is -0.455 e. The van der Waals surface area contributed by atoms with Crippen molar-refractivity contribution in [2.24, 2.45) is 0 Å². The predicted octanol–water partition coefficient (Wildman–Crippen LogP) is 5.97. The molecule has 8 heteroatoms. The van der Waals surface area contributed by atoms with Gasteiger partial charge in [-0.2, -0.15) is 0 Å². The molecule has 0 spiro atoms. The summed E-state index contributed by atoms with van der Waals surface area (Å²) in [5, 5.41) is 2.97. The first kappa shape index (κ1) is 23.4. The number of hydrogen-bond acceptors (Lipinski definition) is 4. The summed E-state index contributed by atoms with van der Waals surface area (Å²) in [7, 11) is -4.07. The monoisotopic (exact) mass is 492 g/mol. The SMILES string of the molecule is O=C(CN(c1ccccc1Cl)S(=O)(=O)c1ccccc1)Nc1ccccc1Oc1ccccc1. The molecule has 34 heavy (non-hydrogen) atoms. The van der Waals surface area contributed by atoms with Crippen molar-refractivity contribution in [1.82, 2.24) is 0 Å². The zero-order valence-corrected chi connectivity index (χ0v) is 19.5. The smallest absolute Gasteiger partial charge is 0.264 e. The first-order valence-corrected chi connectivity index (χ1v) is 12.2. The molecule has 0 saturated carbocycles. The summed E-state index contributed by atoms with van der Waals surface area (Å²) in [4.78, 5) is 13.1. The van der Waals surface area contributed by atoms with E-state index < -0.39 is 22.5 Å². The third-order valence-corrected chi connectivity index (χ3v) is 6.97. The molecule has 0 atom stereocenters. The summed E-state index contributed by atoms with van der Waals surface area (Å²) in [5.74, 6) is 0.481. The topological polar surface area (TPSA) is 75.7 Å². The Kier molecular flexibility index (Phi) is 7.15. The summed E-state index contributed by atoms with van der Waals surface area (Å²) in [5.41, 5.74) is 0.615. The van der Waals surface area contributed by atoms with Crippen LogP contribution in [0.25, 0.3) is 0 Å². The van der Waals surface area contributed by atoms with Crippen molar-refractivity contribution in [3.05, 3.63) is 114 Å². The van der Waals surface area contributed by atoms with Gasteiger partial charge in [0.15, 0.2) is 5.75 Å². The first-order valence-electron chi connectivity index (χ1n) is 10.4. The lowest BCUT2D eigenvalue weighted by Crippen LogP contribution is -2.38. The molecule has 0 aromatic heterocycles. The van der Waals surface area contributed by atoms with Crippen LogP contribution in [-0.2, 0) is 14.8 Å². The fourth-order valence-electron chi connectivity index (χ4n) is 3.27. The summed E-state index contributed by atoms with van der Waals surface area (Å²) in [6, 6.07) is 30.5. The van der Waals surface area contributed by atoms with Crippen LogP contribution in [0.2, 0.25) is 5.02 Å². The number of carbonyl (C=O) groups is 1. The first-order chi connectivity index (χ1) is 16.4. The van der Waals surface area contributed by atoms with Crippen molar-refractivity contribution >= 4 is 38.9 Å². The highest BCUT2D eigenvalue weighted by molar-refractivity contribution is 7.92. The number of anilines is 2. The van der Waals surface area contributed by atoms with Crippen molar-refractivity contribution < 1.29 is 17.9 Å². The lowest BCUT2D eigenvalue weighted by molar-refractivity contribution is -0.114. The molecule has 172 valence electrons. The van der Waals surface area contributed by atoms with Gasteiger partial charge in [0, 0.05) is 0 Å². The highest BCUT2D eigenvalue weighted by Gasteiger charge is 2.28. The quantitative estimate of drug-likeness (QED) is 0.329. The van der Waals surface area contributed by atoms with Gasteiger partial charge in [-0.25, -0.2) is 8.42 Å². The minimum absolute atomic E-state index is 0.0514. The number of ether oxygens (including phenoxy) is 1. The zero-order chi connectivity index (χ0) is 24.0. The zero-order valence-electron chi connectivity index (χ0n) is 18.0. The Balaban J connectivity index is 1.62. The van der Waals surface area contributed by atoms with Gasteiger partial charge in [-0.15, -0.1) is 0 Å². The van der Waals surface area contributed by atoms with Gasteiger partial charge >= 0.3 is 0 Å². The van der Waals surface area contributed by atoms with E-state index in [0.717, 1.165) is 4.31 Å². The molecule has 0 radical (unpaired) electrons. The van der Waals surface area contributed by atoms with Crippen molar-refractivity contribution in [2.75, 3.05) is 16.2 Å². The summed E-state index contributed by atoms with van der Waals surface area (Å²) in [6.45, 7) is -0.485. The van der Waals surface area contributed by atoms with Crippen molar-refractivity contribution in [3.8, 4) is 11.5 Å². The molecule has 0 heterocycles. The molecule has 1 amide bonds. The van der Waals surface area contributed by atoms with Crippen molar-refractivity contribution in [1.29, 1.82) is 0 Å². The summed E-state index contributed by atoms with van der Waals surface area (Å²) in [6.07, 6.45) is 0. The molecule has 0 bridgehead atoms. The van der Waals surface area contributed by atoms with E-state index in [1.165, 1.54) is 12.1 Å². The third kappa shape index (κ3) is 5.39. The Morgan fingerprint density at radius 1 is 0.794 bits per heavy atom. The second-order valence-corrected chi connectivity index (χ2v) is 9.51. The fourth-order valence-corrected chi connectivity index (χ4v) is 5.02. The maximum atomic E-state index is 13.4. The van der Waals surface area contributed by atoms with E-state index in [4.69, 9.17) is 16.3 Å². The summed E-state index contributed by atoms with van der Waals surface area (Å²) >= 11 is 6.31. The molecule has 0 unspecified atom stereocenters. The van der Waals surface area contributed by atoms with E-state index in [0.29, 0.717) is 17.2 Å². The Hall–Kier alpha value is -3.81. The molecule has 0 aliphatic carbocycles. The highest BCUT2D eigenvalue weighted by Crippen LogP contribution is 2.32. The summed E-state index contributed by atoms with van der Waals surface area (Å²) < 4.78 is 33.8. The normalized spacial score (nSPS) is 11.0. The second-order valence-electron chi connectivity index (χ2n) is 7.24. The Labute approximate surface area is 203 Å². The molecule has 6 nitrogen and oxygen atoms in total. The minimum atomic E-state index is -4.07. The van der Waals surface area contributed by atoms with Crippen LogP contribution in [0.5, 0.6) is 11.5 Å². The van der Waals surface area contributed by atoms with Crippen molar-refractivity contribution in [3.63, 3.8) is 0 Å². The van der Waals surface area contributed by atoms with Gasteiger partial charge in [0.1, 0.15) is 12.3 Å². The van der Waals surface area contributed by atoms with Gasteiger partial charge in [-0.05, 0) is 48.5 Å². The number of para-hydroxylation sites is 4. The van der Waals surface area contributed by atoms with Crippen LogP contribution in [0.15, 0.2) is 114 Å². The van der Waals surface area contributed by atoms with Crippen LogP contribution in [0.4, 0.5) is 11.4 Å².